The molecule has 0 aliphatic heterocycles. The van der Waals surface area contributed by atoms with Crippen LogP contribution >= 0.6 is 27.7 Å². The second-order valence-electron chi connectivity index (χ2n) is 3.37. The lowest BCUT2D eigenvalue weighted by Crippen LogP contribution is -1.97. The molecule has 0 aromatic heterocycles. The van der Waals surface area contributed by atoms with E-state index in [9.17, 15) is 0 Å². The molecule has 0 spiro atoms. The van der Waals surface area contributed by atoms with Crippen molar-refractivity contribution in [3.63, 3.8) is 0 Å². The molecule has 3 heteroatoms. The van der Waals surface area contributed by atoms with Crippen molar-refractivity contribution in [2.75, 3.05) is 0 Å². The van der Waals surface area contributed by atoms with Gasteiger partial charge in [0.1, 0.15) is 0 Å². The molecular weight excluding hydrogens is 282 g/mol. The van der Waals surface area contributed by atoms with E-state index < -0.39 is 0 Å². The summed E-state index contributed by atoms with van der Waals surface area (Å²) in [5.74, 6) is 0. The first kappa shape index (κ1) is 11.7. The van der Waals surface area contributed by atoms with Crippen LogP contribution in [0.15, 0.2) is 62.8 Å². The average Bonchev–Trinajstić information content (AvgIpc) is 2.33. The van der Waals surface area contributed by atoms with E-state index in [4.69, 9.17) is 5.73 Å². The van der Waals surface area contributed by atoms with Crippen LogP contribution in [-0.2, 0) is 6.54 Å². The SMILES string of the molecule is NCc1ccccc1Sc1ccc(Br)cc1. The molecule has 16 heavy (non-hydrogen) atoms. The Morgan fingerprint density at radius 2 is 1.69 bits per heavy atom. The lowest BCUT2D eigenvalue weighted by atomic mass is 10.2. The molecule has 2 aromatic carbocycles. The second-order valence-corrected chi connectivity index (χ2v) is 5.40. The van der Waals surface area contributed by atoms with Gasteiger partial charge in [0, 0.05) is 20.8 Å². The minimum Gasteiger partial charge on any atom is -0.326 e. The number of hydrogen-bond donors (Lipinski definition) is 1. The van der Waals surface area contributed by atoms with E-state index in [0.717, 1.165) is 4.47 Å². The van der Waals surface area contributed by atoms with Gasteiger partial charge in [0.05, 0.1) is 0 Å². The van der Waals surface area contributed by atoms with Crippen molar-refractivity contribution in [3.8, 4) is 0 Å². The first-order valence-corrected chi connectivity index (χ1v) is 6.62. The number of rotatable bonds is 3. The first-order valence-electron chi connectivity index (χ1n) is 5.01. The Morgan fingerprint density at radius 1 is 1.00 bits per heavy atom. The van der Waals surface area contributed by atoms with Crippen LogP contribution in [0.5, 0.6) is 0 Å². The molecule has 0 saturated carbocycles. The van der Waals surface area contributed by atoms with E-state index in [0.29, 0.717) is 6.54 Å². The minimum absolute atomic E-state index is 0.583. The highest BCUT2D eigenvalue weighted by molar-refractivity contribution is 9.10. The van der Waals surface area contributed by atoms with E-state index in [2.05, 4.69) is 40.2 Å². The van der Waals surface area contributed by atoms with Gasteiger partial charge < -0.3 is 5.73 Å². The molecule has 1 nitrogen and oxygen atoms in total. The van der Waals surface area contributed by atoms with E-state index in [-0.39, 0.29) is 0 Å². The Hall–Kier alpha value is -0.770. The van der Waals surface area contributed by atoms with Crippen LogP contribution in [0.4, 0.5) is 0 Å². The summed E-state index contributed by atoms with van der Waals surface area (Å²) >= 11 is 5.18. The smallest absolute Gasteiger partial charge is 0.0189 e. The van der Waals surface area contributed by atoms with Crippen LogP contribution in [-0.4, -0.2) is 0 Å². The quantitative estimate of drug-likeness (QED) is 0.924. The van der Waals surface area contributed by atoms with E-state index in [1.54, 1.807) is 11.8 Å². The van der Waals surface area contributed by atoms with Crippen molar-refractivity contribution in [2.24, 2.45) is 5.73 Å². The molecule has 82 valence electrons. The molecule has 0 radical (unpaired) electrons. The highest BCUT2D eigenvalue weighted by Crippen LogP contribution is 2.30. The summed E-state index contributed by atoms with van der Waals surface area (Å²) in [6.07, 6.45) is 0. The summed E-state index contributed by atoms with van der Waals surface area (Å²) < 4.78 is 1.10. The molecular formula is C13H12BrNS. The Labute approximate surface area is 108 Å². The normalized spacial score (nSPS) is 10.4. The van der Waals surface area contributed by atoms with Crippen LogP contribution in [0.2, 0.25) is 0 Å². The van der Waals surface area contributed by atoms with Gasteiger partial charge in [-0.05, 0) is 35.9 Å². The highest BCUT2D eigenvalue weighted by Gasteiger charge is 2.02. The van der Waals surface area contributed by atoms with Gasteiger partial charge in [-0.25, -0.2) is 0 Å². The summed E-state index contributed by atoms with van der Waals surface area (Å²) in [6, 6.07) is 16.5. The summed E-state index contributed by atoms with van der Waals surface area (Å²) in [5.41, 5.74) is 6.90. The molecule has 0 fully saturated rings. The predicted molar refractivity (Wildman–Crippen MR) is 72.6 cm³/mol. The van der Waals surface area contributed by atoms with Crippen molar-refractivity contribution in [3.05, 3.63) is 58.6 Å². The monoisotopic (exact) mass is 293 g/mol. The van der Waals surface area contributed by atoms with Crippen molar-refractivity contribution in [2.45, 2.75) is 16.3 Å². The topological polar surface area (TPSA) is 26.0 Å². The molecule has 0 amide bonds. The fourth-order valence-electron chi connectivity index (χ4n) is 1.40. The van der Waals surface area contributed by atoms with Gasteiger partial charge in [-0.2, -0.15) is 0 Å². The third-order valence-electron chi connectivity index (χ3n) is 2.23. The van der Waals surface area contributed by atoms with Gasteiger partial charge in [0.2, 0.25) is 0 Å². The van der Waals surface area contributed by atoms with E-state index in [1.165, 1.54) is 15.4 Å². The van der Waals surface area contributed by atoms with Crippen LogP contribution in [0.3, 0.4) is 0 Å². The lowest BCUT2D eigenvalue weighted by Gasteiger charge is -2.06. The Balaban J connectivity index is 2.23. The molecule has 2 rings (SSSR count). The maximum Gasteiger partial charge on any atom is 0.0189 e. The molecule has 0 saturated heterocycles. The van der Waals surface area contributed by atoms with Crippen LogP contribution in [0.1, 0.15) is 5.56 Å². The van der Waals surface area contributed by atoms with Gasteiger partial charge in [-0.3, -0.25) is 0 Å². The first-order chi connectivity index (χ1) is 7.79. The van der Waals surface area contributed by atoms with Crippen molar-refractivity contribution < 1.29 is 0 Å². The molecule has 0 aliphatic carbocycles. The maximum atomic E-state index is 5.71. The molecule has 0 aliphatic rings. The Morgan fingerprint density at radius 3 is 2.38 bits per heavy atom. The third kappa shape index (κ3) is 2.88. The van der Waals surface area contributed by atoms with Crippen molar-refractivity contribution in [1.82, 2.24) is 0 Å². The Bertz CT molecular complexity index is 468. The van der Waals surface area contributed by atoms with E-state index >= 15 is 0 Å². The van der Waals surface area contributed by atoms with E-state index in [1.807, 2.05) is 24.3 Å². The number of halogens is 1. The average molecular weight is 294 g/mol. The van der Waals surface area contributed by atoms with Crippen molar-refractivity contribution in [1.29, 1.82) is 0 Å². The van der Waals surface area contributed by atoms with Gasteiger partial charge >= 0.3 is 0 Å². The number of nitrogens with two attached hydrogens (primary N) is 1. The van der Waals surface area contributed by atoms with Crippen molar-refractivity contribution >= 4 is 27.7 Å². The lowest BCUT2D eigenvalue weighted by molar-refractivity contribution is 1.03. The fourth-order valence-corrected chi connectivity index (χ4v) is 2.62. The summed E-state index contributed by atoms with van der Waals surface area (Å²) in [4.78, 5) is 2.46. The zero-order valence-electron chi connectivity index (χ0n) is 8.69. The second kappa shape index (κ2) is 5.53. The van der Waals surface area contributed by atoms with Gasteiger partial charge in [0.25, 0.3) is 0 Å². The fraction of sp³-hybridized carbons (Fsp3) is 0.0769. The maximum absolute atomic E-state index is 5.71. The summed E-state index contributed by atoms with van der Waals surface area (Å²) in [7, 11) is 0. The summed E-state index contributed by atoms with van der Waals surface area (Å²) in [5, 5.41) is 0. The molecule has 0 atom stereocenters. The zero-order valence-corrected chi connectivity index (χ0v) is 11.1. The van der Waals surface area contributed by atoms with Crippen LogP contribution in [0.25, 0.3) is 0 Å². The van der Waals surface area contributed by atoms with Gasteiger partial charge in [-0.1, -0.05) is 45.9 Å². The number of hydrogen-bond acceptors (Lipinski definition) is 2. The van der Waals surface area contributed by atoms with Gasteiger partial charge in [-0.15, -0.1) is 0 Å². The molecule has 2 N–H and O–H groups in total. The van der Waals surface area contributed by atoms with Crippen LogP contribution < -0.4 is 5.73 Å². The standard InChI is InChI=1S/C13H12BrNS/c14-11-5-7-12(8-6-11)16-13-4-2-1-3-10(13)9-15/h1-8H,9,15H2. The number of benzene rings is 2. The Kier molecular flexibility index (Phi) is 4.04. The summed E-state index contributed by atoms with van der Waals surface area (Å²) in [6.45, 7) is 0.583. The molecule has 0 unspecified atom stereocenters. The highest BCUT2D eigenvalue weighted by atomic mass is 79.9. The van der Waals surface area contributed by atoms with Crippen LogP contribution in [0, 0.1) is 0 Å². The largest absolute Gasteiger partial charge is 0.326 e. The molecule has 0 heterocycles. The van der Waals surface area contributed by atoms with Gasteiger partial charge in [0.15, 0.2) is 0 Å². The zero-order chi connectivity index (χ0) is 11.4. The minimum atomic E-state index is 0.583. The third-order valence-corrected chi connectivity index (χ3v) is 3.89. The molecule has 0 bridgehead atoms. The predicted octanol–water partition coefficient (Wildman–Crippen LogP) is 4.06. The molecule has 2 aromatic rings.